The molecule has 1 atom stereocenters. The van der Waals surface area contributed by atoms with Crippen LogP contribution in [0, 0.1) is 0 Å². The highest BCUT2D eigenvalue weighted by molar-refractivity contribution is 5.87. The summed E-state index contributed by atoms with van der Waals surface area (Å²) in [6.45, 7) is 7.96. The molecule has 1 saturated heterocycles. The Labute approximate surface area is 148 Å². The van der Waals surface area contributed by atoms with Crippen molar-refractivity contribution in [1.29, 1.82) is 0 Å². The van der Waals surface area contributed by atoms with Crippen LogP contribution in [0.15, 0.2) is 18.2 Å². The predicted octanol–water partition coefficient (Wildman–Crippen LogP) is 1.86. The van der Waals surface area contributed by atoms with E-state index < -0.39 is 0 Å². The van der Waals surface area contributed by atoms with Crippen LogP contribution in [-0.2, 0) is 15.0 Å². The van der Waals surface area contributed by atoms with Gasteiger partial charge in [0.15, 0.2) is 11.5 Å². The van der Waals surface area contributed by atoms with Crippen molar-refractivity contribution in [2.75, 3.05) is 26.3 Å². The minimum absolute atomic E-state index is 0.0382. The lowest BCUT2D eigenvalue weighted by molar-refractivity contribution is -0.136. The molecule has 1 N–H and O–H groups in total. The first-order chi connectivity index (χ1) is 11.9. The quantitative estimate of drug-likeness (QED) is 0.904. The van der Waals surface area contributed by atoms with E-state index in [9.17, 15) is 9.59 Å². The van der Waals surface area contributed by atoms with Crippen LogP contribution >= 0.6 is 0 Å². The van der Waals surface area contributed by atoms with Crippen molar-refractivity contribution in [2.24, 2.45) is 0 Å². The highest BCUT2D eigenvalue weighted by Gasteiger charge is 2.33. The molecule has 6 heteroatoms. The molecular formula is C19H26N2O4. The van der Waals surface area contributed by atoms with Gasteiger partial charge < -0.3 is 19.7 Å². The van der Waals surface area contributed by atoms with Gasteiger partial charge in [0, 0.05) is 25.4 Å². The second kappa shape index (κ2) is 6.94. The Morgan fingerprint density at radius 3 is 2.68 bits per heavy atom. The fourth-order valence-electron chi connectivity index (χ4n) is 3.41. The van der Waals surface area contributed by atoms with Gasteiger partial charge in [0.2, 0.25) is 11.8 Å². The molecule has 0 aromatic heterocycles. The molecule has 136 valence electrons. The van der Waals surface area contributed by atoms with Gasteiger partial charge in [-0.15, -0.1) is 0 Å². The first-order valence-electron chi connectivity index (χ1n) is 8.83. The SMILES string of the molecule is CC(=O)N1CCCC1C(=O)NCC(C)(C)c1ccc2c(c1)OCCO2. The number of rotatable bonds is 4. The Morgan fingerprint density at radius 1 is 1.24 bits per heavy atom. The Morgan fingerprint density at radius 2 is 1.96 bits per heavy atom. The van der Waals surface area contributed by atoms with Crippen LogP contribution in [0.2, 0.25) is 0 Å². The van der Waals surface area contributed by atoms with Crippen LogP contribution in [0.3, 0.4) is 0 Å². The lowest BCUT2D eigenvalue weighted by atomic mass is 9.84. The number of nitrogens with zero attached hydrogens (tertiary/aromatic N) is 1. The molecule has 2 aliphatic heterocycles. The largest absolute Gasteiger partial charge is 0.486 e. The molecule has 1 fully saturated rings. The van der Waals surface area contributed by atoms with Gasteiger partial charge in [-0.3, -0.25) is 9.59 Å². The Balaban J connectivity index is 1.65. The molecule has 0 radical (unpaired) electrons. The molecule has 1 aromatic rings. The maximum Gasteiger partial charge on any atom is 0.242 e. The monoisotopic (exact) mass is 346 g/mol. The number of amides is 2. The smallest absolute Gasteiger partial charge is 0.242 e. The Hall–Kier alpha value is -2.24. The highest BCUT2D eigenvalue weighted by Crippen LogP contribution is 2.35. The summed E-state index contributed by atoms with van der Waals surface area (Å²) in [4.78, 5) is 25.8. The number of benzene rings is 1. The number of carbonyl (C=O) groups is 2. The average Bonchev–Trinajstić information content (AvgIpc) is 3.09. The van der Waals surface area contributed by atoms with Gasteiger partial charge in [-0.25, -0.2) is 0 Å². The fourth-order valence-corrected chi connectivity index (χ4v) is 3.41. The second-order valence-electron chi connectivity index (χ2n) is 7.33. The van der Waals surface area contributed by atoms with E-state index in [-0.39, 0.29) is 23.3 Å². The Kier molecular flexibility index (Phi) is 4.88. The average molecular weight is 346 g/mol. The van der Waals surface area contributed by atoms with E-state index in [0.29, 0.717) is 26.3 Å². The standard InChI is InChI=1S/C19H26N2O4/c1-13(22)21-8-4-5-15(21)18(23)20-12-19(2,3)14-6-7-16-17(11-14)25-10-9-24-16/h6-7,11,15H,4-5,8-10,12H2,1-3H3,(H,20,23). The summed E-state index contributed by atoms with van der Waals surface area (Å²) in [6.07, 6.45) is 1.61. The van der Waals surface area contributed by atoms with Gasteiger partial charge in [-0.2, -0.15) is 0 Å². The summed E-state index contributed by atoms with van der Waals surface area (Å²) in [5, 5.41) is 3.02. The van der Waals surface area contributed by atoms with Gasteiger partial charge in [0.05, 0.1) is 0 Å². The molecule has 0 saturated carbocycles. The molecule has 0 spiro atoms. The lowest BCUT2D eigenvalue weighted by Gasteiger charge is -2.29. The van der Waals surface area contributed by atoms with Crippen molar-refractivity contribution in [2.45, 2.75) is 45.1 Å². The van der Waals surface area contributed by atoms with Crippen LogP contribution in [0.25, 0.3) is 0 Å². The molecule has 1 unspecified atom stereocenters. The van der Waals surface area contributed by atoms with Gasteiger partial charge in [0.1, 0.15) is 19.3 Å². The molecular weight excluding hydrogens is 320 g/mol. The van der Waals surface area contributed by atoms with Crippen molar-refractivity contribution in [3.8, 4) is 11.5 Å². The zero-order chi connectivity index (χ0) is 18.0. The number of carbonyl (C=O) groups excluding carboxylic acids is 2. The zero-order valence-corrected chi connectivity index (χ0v) is 15.1. The minimum atomic E-state index is -0.339. The maximum absolute atomic E-state index is 12.5. The molecule has 2 amide bonds. The molecule has 0 bridgehead atoms. The number of nitrogens with one attached hydrogen (secondary N) is 1. The second-order valence-corrected chi connectivity index (χ2v) is 7.33. The number of fused-ring (bicyclic) bond motifs is 1. The zero-order valence-electron chi connectivity index (χ0n) is 15.1. The van der Waals surface area contributed by atoms with Crippen molar-refractivity contribution in [3.05, 3.63) is 23.8 Å². The van der Waals surface area contributed by atoms with Gasteiger partial charge in [-0.1, -0.05) is 19.9 Å². The third-order valence-corrected chi connectivity index (χ3v) is 4.99. The molecule has 1 aromatic carbocycles. The summed E-state index contributed by atoms with van der Waals surface area (Å²) < 4.78 is 11.2. The fraction of sp³-hybridized carbons (Fsp3) is 0.579. The van der Waals surface area contributed by atoms with Crippen molar-refractivity contribution < 1.29 is 19.1 Å². The first-order valence-corrected chi connectivity index (χ1v) is 8.83. The summed E-state index contributed by atoms with van der Waals surface area (Å²) in [5.74, 6) is 1.40. The topological polar surface area (TPSA) is 67.9 Å². The molecule has 2 aliphatic rings. The van der Waals surface area contributed by atoms with Gasteiger partial charge >= 0.3 is 0 Å². The van der Waals surface area contributed by atoms with E-state index in [2.05, 4.69) is 19.2 Å². The number of likely N-dealkylation sites (tertiary alicyclic amines) is 1. The van der Waals surface area contributed by atoms with Crippen molar-refractivity contribution in [3.63, 3.8) is 0 Å². The van der Waals surface area contributed by atoms with Gasteiger partial charge in [0.25, 0.3) is 0 Å². The van der Waals surface area contributed by atoms with Crippen molar-refractivity contribution >= 4 is 11.8 Å². The summed E-state index contributed by atoms with van der Waals surface area (Å²) >= 11 is 0. The van der Waals surface area contributed by atoms with E-state index in [4.69, 9.17) is 9.47 Å². The molecule has 0 aliphatic carbocycles. The number of hydrogen-bond acceptors (Lipinski definition) is 4. The van der Waals surface area contributed by atoms with Crippen LogP contribution in [0.1, 0.15) is 39.2 Å². The van der Waals surface area contributed by atoms with E-state index >= 15 is 0 Å². The first kappa shape index (κ1) is 17.6. The summed E-state index contributed by atoms with van der Waals surface area (Å²) in [6, 6.07) is 5.57. The van der Waals surface area contributed by atoms with E-state index in [1.54, 1.807) is 4.90 Å². The Bertz CT molecular complexity index is 671. The van der Waals surface area contributed by atoms with Crippen LogP contribution in [-0.4, -0.2) is 49.1 Å². The summed E-state index contributed by atoms with van der Waals surface area (Å²) in [7, 11) is 0. The normalized spacial score (nSPS) is 19.6. The third-order valence-electron chi connectivity index (χ3n) is 4.99. The highest BCUT2D eigenvalue weighted by atomic mass is 16.6. The third kappa shape index (κ3) is 3.72. The van der Waals surface area contributed by atoms with Crippen molar-refractivity contribution in [1.82, 2.24) is 10.2 Å². The van der Waals surface area contributed by atoms with E-state index in [1.165, 1.54) is 6.92 Å². The van der Waals surface area contributed by atoms with Crippen LogP contribution in [0.5, 0.6) is 11.5 Å². The van der Waals surface area contributed by atoms with Crippen LogP contribution in [0.4, 0.5) is 0 Å². The summed E-state index contributed by atoms with van der Waals surface area (Å²) in [5.41, 5.74) is 0.817. The van der Waals surface area contributed by atoms with Gasteiger partial charge in [-0.05, 0) is 30.5 Å². The van der Waals surface area contributed by atoms with Crippen LogP contribution < -0.4 is 14.8 Å². The number of ether oxygens (including phenoxy) is 2. The molecule has 6 nitrogen and oxygen atoms in total. The lowest BCUT2D eigenvalue weighted by Crippen LogP contribution is -2.48. The van der Waals surface area contributed by atoms with E-state index in [0.717, 1.165) is 29.9 Å². The van der Waals surface area contributed by atoms with E-state index in [1.807, 2.05) is 18.2 Å². The minimum Gasteiger partial charge on any atom is -0.486 e. The number of hydrogen-bond donors (Lipinski definition) is 1. The predicted molar refractivity (Wildman–Crippen MR) is 93.9 cm³/mol. The molecule has 25 heavy (non-hydrogen) atoms. The molecule has 2 heterocycles. The maximum atomic E-state index is 12.5. The molecule has 3 rings (SSSR count).